The van der Waals surface area contributed by atoms with Crippen LogP contribution in [0.15, 0.2) is 24.3 Å². The second-order valence-corrected chi connectivity index (χ2v) is 4.39. The van der Waals surface area contributed by atoms with Crippen molar-refractivity contribution in [1.82, 2.24) is 5.32 Å². The smallest absolute Gasteiger partial charge is 0.170 e. The van der Waals surface area contributed by atoms with Gasteiger partial charge in [0.1, 0.15) is 5.82 Å². The van der Waals surface area contributed by atoms with Crippen LogP contribution < -0.4 is 10.6 Å². The molecule has 1 atom stereocenters. The average Bonchev–Trinajstić information content (AvgIpc) is 2.79. The third-order valence-corrected chi connectivity index (χ3v) is 2.84. The van der Waals surface area contributed by atoms with Crippen molar-refractivity contribution in [2.45, 2.75) is 18.9 Å². The summed E-state index contributed by atoms with van der Waals surface area (Å²) in [5, 5.41) is 6.49. The van der Waals surface area contributed by atoms with Gasteiger partial charge in [-0.3, -0.25) is 0 Å². The molecule has 0 aliphatic carbocycles. The fraction of sp³-hybridized carbons (Fsp3) is 0.417. The van der Waals surface area contributed by atoms with E-state index in [9.17, 15) is 4.39 Å². The minimum Gasteiger partial charge on any atom is -0.376 e. The van der Waals surface area contributed by atoms with Crippen LogP contribution in [0.4, 0.5) is 10.1 Å². The van der Waals surface area contributed by atoms with Gasteiger partial charge in [-0.25, -0.2) is 4.39 Å². The van der Waals surface area contributed by atoms with Gasteiger partial charge in [0.2, 0.25) is 0 Å². The van der Waals surface area contributed by atoms with Crippen LogP contribution in [0.3, 0.4) is 0 Å². The predicted octanol–water partition coefficient (Wildman–Crippen LogP) is 2.29. The Kier molecular flexibility index (Phi) is 4.28. The summed E-state index contributed by atoms with van der Waals surface area (Å²) in [5.74, 6) is -0.281. The minimum atomic E-state index is -0.281. The Labute approximate surface area is 105 Å². The van der Waals surface area contributed by atoms with Crippen molar-refractivity contribution in [3.8, 4) is 0 Å². The number of anilines is 1. The molecule has 1 aromatic carbocycles. The summed E-state index contributed by atoms with van der Waals surface area (Å²) in [5.41, 5.74) is 0.648. The molecule has 0 aromatic heterocycles. The van der Waals surface area contributed by atoms with Gasteiger partial charge in [0, 0.05) is 18.8 Å². The standard InChI is InChI=1S/C12H15FN2OS/c13-9-3-1-4-10(7-9)15-12(17)14-8-11-5-2-6-16-11/h1,3-4,7,11H,2,5-6,8H2,(H2,14,15,17). The fourth-order valence-corrected chi connectivity index (χ4v) is 1.95. The molecule has 0 amide bonds. The maximum atomic E-state index is 12.9. The first-order valence-electron chi connectivity index (χ1n) is 5.66. The Morgan fingerprint density at radius 3 is 3.12 bits per heavy atom. The zero-order chi connectivity index (χ0) is 12.1. The molecule has 0 bridgehead atoms. The molecular formula is C12H15FN2OS. The molecule has 2 rings (SSSR count). The molecule has 17 heavy (non-hydrogen) atoms. The summed E-state index contributed by atoms with van der Waals surface area (Å²) in [7, 11) is 0. The second kappa shape index (κ2) is 5.93. The number of rotatable bonds is 3. The summed E-state index contributed by atoms with van der Waals surface area (Å²) in [4.78, 5) is 0. The molecule has 1 saturated heterocycles. The molecule has 1 unspecified atom stereocenters. The van der Waals surface area contributed by atoms with E-state index in [-0.39, 0.29) is 11.9 Å². The zero-order valence-corrected chi connectivity index (χ0v) is 10.2. The Balaban J connectivity index is 1.76. The van der Waals surface area contributed by atoms with E-state index in [1.165, 1.54) is 12.1 Å². The number of hydrogen-bond acceptors (Lipinski definition) is 2. The van der Waals surface area contributed by atoms with E-state index in [1.807, 2.05) is 0 Å². The van der Waals surface area contributed by atoms with Crippen LogP contribution in [-0.2, 0) is 4.74 Å². The van der Waals surface area contributed by atoms with Gasteiger partial charge in [-0.1, -0.05) is 6.07 Å². The van der Waals surface area contributed by atoms with Gasteiger partial charge in [0.15, 0.2) is 5.11 Å². The Hall–Kier alpha value is -1.20. The summed E-state index contributed by atoms with van der Waals surface area (Å²) in [6.45, 7) is 1.53. The minimum absolute atomic E-state index is 0.238. The van der Waals surface area contributed by atoms with Gasteiger partial charge in [-0.2, -0.15) is 0 Å². The first-order chi connectivity index (χ1) is 8.24. The lowest BCUT2D eigenvalue weighted by molar-refractivity contribution is 0.114. The van der Waals surface area contributed by atoms with Crippen LogP contribution in [-0.4, -0.2) is 24.4 Å². The fourth-order valence-electron chi connectivity index (χ4n) is 1.75. The molecule has 1 aliphatic rings. The first kappa shape index (κ1) is 12.3. The molecule has 1 aliphatic heterocycles. The largest absolute Gasteiger partial charge is 0.376 e. The highest BCUT2D eigenvalue weighted by atomic mass is 32.1. The first-order valence-corrected chi connectivity index (χ1v) is 6.07. The van der Waals surface area contributed by atoms with Crippen molar-refractivity contribution in [1.29, 1.82) is 0 Å². The van der Waals surface area contributed by atoms with Crippen LogP contribution in [0, 0.1) is 5.82 Å². The van der Waals surface area contributed by atoms with Gasteiger partial charge >= 0.3 is 0 Å². The molecule has 5 heteroatoms. The quantitative estimate of drug-likeness (QED) is 0.811. The lowest BCUT2D eigenvalue weighted by Gasteiger charge is -2.13. The van der Waals surface area contributed by atoms with Crippen LogP contribution in [0.1, 0.15) is 12.8 Å². The van der Waals surface area contributed by atoms with Gasteiger partial charge in [0.25, 0.3) is 0 Å². The third kappa shape index (κ3) is 3.94. The molecule has 1 aromatic rings. The second-order valence-electron chi connectivity index (χ2n) is 3.98. The van der Waals surface area contributed by atoms with Crippen LogP contribution in [0.2, 0.25) is 0 Å². The lowest BCUT2D eigenvalue weighted by atomic mass is 10.2. The number of ether oxygens (including phenoxy) is 1. The molecule has 1 fully saturated rings. The Morgan fingerprint density at radius 1 is 1.53 bits per heavy atom. The maximum absolute atomic E-state index is 12.9. The van der Waals surface area contributed by atoms with Crippen molar-refractivity contribution in [3.63, 3.8) is 0 Å². The van der Waals surface area contributed by atoms with Gasteiger partial charge in [0.05, 0.1) is 6.10 Å². The van der Waals surface area contributed by atoms with Gasteiger partial charge in [-0.15, -0.1) is 0 Å². The number of nitrogens with one attached hydrogen (secondary N) is 2. The number of hydrogen-bond donors (Lipinski definition) is 2. The number of halogens is 1. The van der Waals surface area contributed by atoms with E-state index in [0.29, 0.717) is 17.3 Å². The Bertz CT molecular complexity index is 394. The van der Waals surface area contributed by atoms with Crippen molar-refractivity contribution in [2.24, 2.45) is 0 Å². The van der Waals surface area contributed by atoms with Crippen molar-refractivity contribution in [2.75, 3.05) is 18.5 Å². The van der Waals surface area contributed by atoms with E-state index in [1.54, 1.807) is 12.1 Å². The van der Waals surface area contributed by atoms with Gasteiger partial charge in [-0.05, 0) is 43.3 Å². The molecule has 1 heterocycles. The molecule has 0 saturated carbocycles. The van der Waals surface area contributed by atoms with Crippen molar-refractivity contribution in [3.05, 3.63) is 30.1 Å². The van der Waals surface area contributed by atoms with E-state index in [2.05, 4.69) is 10.6 Å². The average molecular weight is 254 g/mol. The molecule has 0 radical (unpaired) electrons. The van der Waals surface area contributed by atoms with Crippen LogP contribution in [0.5, 0.6) is 0 Å². The molecule has 92 valence electrons. The zero-order valence-electron chi connectivity index (χ0n) is 9.41. The summed E-state index contributed by atoms with van der Waals surface area (Å²) in [6.07, 6.45) is 2.41. The molecule has 0 spiro atoms. The van der Waals surface area contributed by atoms with E-state index >= 15 is 0 Å². The third-order valence-electron chi connectivity index (χ3n) is 2.60. The highest BCUT2D eigenvalue weighted by Gasteiger charge is 2.15. The summed E-state index contributed by atoms with van der Waals surface area (Å²) >= 11 is 5.11. The normalized spacial score (nSPS) is 19.0. The lowest BCUT2D eigenvalue weighted by Crippen LogP contribution is -2.34. The summed E-state index contributed by atoms with van der Waals surface area (Å²) < 4.78 is 18.4. The predicted molar refractivity (Wildman–Crippen MR) is 69.6 cm³/mol. The van der Waals surface area contributed by atoms with Gasteiger partial charge < -0.3 is 15.4 Å². The van der Waals surface area contributed by atoms with E-state index < -0.39 is 0 Å². The van der Waals surface area contributed by atoms with E-state index in [4.69, 9.17) is 17.0 Å². The topological polar surface area (TPSA) is 33.3 Å². The van der Waals surface area contributed by atoms with Crippen molar-refractivity contribution < 1.29 is 9.13 Å². The number of benzene rings is 1. The molecule has 3 nitrogen and oxygen atoms in total. The van der Waals surface area contributed by atoms with Crippen LogP contribution >= 0.6 is 12.2 Å². The molecular weight excluding hydrogens is 239 g/mol. The monoisotopic (exact) mass is 254 g/mol. The van der Waals surface area contributed by atoms with E-state index in [0.717, 1.165) is 19.4 Å². The highest BCUT2D eigenvalue weighted by Crippen LogP contribution is 2.11. The van der Waals surface area contributed by atoms with Crippen LogP contribution in [0.25, 0.3) is 0 Å². The summed E-state index contributed by atoms with van der Waals surface area (Å²) in [6, 6.07) is 6.21. The SMILES string of the molecule is Fc1cccc(NC(=S)NCC2CCCO2)c1. The number of thiocarbonyl (C=S) groups is 1. The Morgan fingerprint density at radius 2 is 2.41 bits per heavy atom. The van der Waals surface area contributed by atoms with Crippen molar-refractivity contribution >= 4 is 23.0 Å². The highest BCUT2D eigenvalue weighted by molar-refractivity contribution is 7.80. The maximum Gasteiger partial charge on any atom is 0.170 e. The molecule has 2 N–H and O–H groups in total.